The fraction of sp³-hybridized carbons (Fsp3) is 0.500. The normalized spacial score (nSPS) is 10.4. The number of methoxy groups -OCH3 is 1. The Labute approximate surface area is 131 Å². The van der Waals surface area contributed by atoms with Crippen LogP contribution >= 0.6 is 0 Å². The lowest BCUT2D eigenvalue weighted by Crippen LogP contribution is -2.39. The van der Waals surface area contributed by atoms with E-state index in [0.29, 0.717) is 19.6 Å². The van der Waals surface area contributed by atoms with Crippen molar-refractivity contribution in [1.29, 1.82) is 0 Å². The van der Waals surface area contributed by atoms with Gasteiger partial charge in [0.25, 0.3) is 0 Å². The maximum absolute atomic E-state index is 11.8. The number of nitrogens with zero attached hydrogens (tertiary/aromatic N) is 1. The molecule has 0 spiro atoms. The first-order chi connectivity index (χ1) is 10.4. The van der Waals surface area contributed by atoms with E-state index in [-0.39, 0.29) is 18.4 Å². The molecule has 0 aliphatic heterocycles. The van der Waals surface area contributed by atoms with Crippen LogP contribution < -0.4 is 15.4 Å². The summed E-state index contributed by atoms with van der Waals surface area (Å²) in [6, 6.07) is 5.99. The molecule has 0 saturated carbocycles. The maximum atomic E-state index is 11.8. The summed E-state index contributed by atoms with van der Waals surface area (Å²) < 4.78 is 5.34. The molecule has 122 valence electrons. The van der Waals surface area contributed by atoms with Crippen LogP contribution in [0.4, 0.5) is 0 Å². The number of hydrogen-bond acceptors (Lipinski definition) is 4. The highest BCUT2D eigenvalue weighted by Crippen LogP contribution is 2.20. The second kappa shape index (κ2) is 9.04. The van der Waals surface area contributed by atoms with Gasteiger partial charge in [0, 0.05) is 32.1 Å². The number of nitrogens with one attached hydrogen (secondary N) is 2. The second-order valence-electron chi connectivity index (χ2n) is 5.32. The van der Waals surface area contributed by atoms with Crippen LogP contribution in [0.15, 0.2) is 18.2 Å². The average molecular weight is 307 g/mol. The summed E-state index contributed by atoms with van der Waals surface area (Å²) in [5, 5.41) is 5.40. The molecule has 22 heavy (non-hydrogen) atoms. The highest BCUT2D eigenvalue weighted by atomic mass is 16.5. The Morgan fingerprint density at radius 2 is 1.91 bits per heavy atom. The quantitative estimate of drug-likeness (QED) is 0.693. The Balaban J connectivity index is 2.42. The van der Waals surface area contributed by atoms with Crippen molar-refractivity contribution in [2.24, 2.45) is 0 Å². The molecule has 1 rings (SSSR count). The molecule has 2 amide bonds. The van der Waals surface area contributed by atoms with Gasteiger partial charge in [0.2, 0.25) is 11.8 Å². The van der Waals surface area contributed by atoms with Gasteiger partial charge in [-0.2, -0.15) is 0 Å². The van der Waals surface area contributed by atoms with Gasteiger partial charge >= 0.3 is 0 Å². The minimum Gasteiger partial charge on any atom is -0.496 e. The van der Waals surface area contributed by atoms with Crippen LogP contribution in [0.1, 0.15) is 18.1 Å². The molecule has 0 aliphatic carbocycles. The largest absolute Gasteiger partial charge is 0.496 e. The Morgan fingerprint density at radius 1 is 1.23 bits per heavy atom. The molecule has 0 bridgehead atoms. The van der Waals surface area contributed by atoms with Gasteiger partial charge in [-0.15, -0.1) is 0 Å². The molecule has 6 heteroatoms. The molecule has 0 aromatic heterocycles. The van der Waals surface area contributed by atoms with Crippen molar-refractivity contribution in [2.75, 3.05) is 33.8 Å². The molecule has 0 aliphatic rings. The van der Waals surface area contributed by atoms with Gasteiger partial charge in [-0.1, -0.05) is 17.7 Å². The lowest BCUT2D eigenvalue weighted by molar-refractivity contribution is -0.122. The first-order valence-corrected chi connectivity index (χ1v) is 7.25. The third kappa shape index (κ3) is 6.58. The number of likely N-dealkylation sites (N-methyl/N-ethyl adjacent to an activating group) is 1. The molecular formula is C16H25N3O3. The van der Waals surface area contributed by atoms with Crippen molar-refractivity contribution >= 4 is 11.8 Å². The first-order valence-electron chi connectivity index (χ1n) is 7.25. The van der Waals surface area contributed by atoms with E-state index >= 15 is 0 Å². The van der Waals surface area contributed by atoms with Gasteiger partial charge in [0.05, 0.1) is 13.7 Å². The number of hydrogen-bond donors (Lipinski definition) is 2. The van der Waals surface area contributed by atoms with Crippen LogP contribution in [0.5, 0.6) is 5.75 Å². The monoisotopic (exact) mass is 307 g/mol. The predicted molar refractivity (Wildman–Crippen MR) is 85.8 cm³/mol. The fourth-order valence-corrected chi connectivity index (χ4v) is 2.12. The fourth-order valence-electron chi connectivity index (χ4n) is 2.12. The maximum Gasteiger partial charge on any atom is 0.234 e. The smallest absolute Gasteiger partial charge is 0.234 e. The van der Waals surface area contributed by atoms with Crippen molar-refractivity contribution in [2.45, 2.75) is 20.4 Å². The number of benzene rings is 1. The van der Waals surface area contributed by atoms with Gasteiger partial charge < -0.3 is 15.4 Å². The van der Waals surface area contributed by atoms with E-state index in [0.717, 1.165) is 16.9 Å². The molecule has 0 atom stereocenters. The van der Waals surface area contributed by atoms with Gasteiger partial charge in [0.15, 0.2) is 0 Å². The van der Waals surface area contributed by atoms with Crippen molar-refractivity contribution < 1.29 is 14.3 Å². The zero-order valence-electron chi connectivity index (χ0n) is 13.7. The summed E-state index contributed by atoms with van der Waals surface area (Å²) in [7, 11) is 3.53. The molecule has 0 radical (unpaired) electrons. The van der Waals surface area contributed by atoms with E-state index in [2.05, 4.69) is 16.7 Å². The van der Waals surface area contributed by atoms with E-state index in [1.165, 1.54) is 6.92 Å². The lowest BCUT2D eigenvalue weighted by atomic mass is 10.1. The summed E-state index contributed by atoms with van der Waals surface area (Å²) in [5.41, 5.74) is 2.21. The summed E-state index contributed by atoms with van der Waals surface area (Å²) >= 11 is 0. The highest BCUT2D eigenvalue weighted by Gasteiger charge is 2.10. The third-order valence-corrected chi connectivity index (χ3v) is 3.11. The molecule has 1 aromatic rings. The topological polar surface area (TPSA) is 70.7 Å². The minimum atomic E-state index is -0.0992. The molecular weight excluding hydrogens is 282 g/mol. The summed E-state index contributed by atoms with van der Waals surface area (Å²) in [5.74, 6) is 0.654. The van der Waals surface area contributed by atoms with Crippen LogP contribution in [0.3, 0.4) is 0 Å². The van der Waals surface area contributed by atoms with Crippen molar-refractivity contribution in [1.82, 2.24) is 15.5 Å². The number of amides is 2. The van der Waals surface area contributed by atoms with E-state index < -0.39 is 0 Å². The molecule has 2 N–H and O–H groups in total. The second-order valence-corrected chi connectivity index (χ2v) is 5.32. The number of carbonyl (C=O) groups excluding carboxylic acids is 2. The third-order valence-electron chi connectivity index (χ3n) is 3.11. The Kier molecular flexibility index (Phi) is 7.39. The molecule has 0 unspecified atom stereocenters. The van der Waals surface area contributed by atoms with E-state index in [1.807, 2.05) is 31.0 Å². The SMILES string of the molecule is COc1ccc(C)cc1CN(C)CC(=O)NCCNC(C)=O. The zero-order chi connectivity index (χ0) is 16.5. The zero-order valence-corrected chi connectivity index (χ0v) is 13.7. The van der Waals surface area contributed by atoms with Gasteiger partial charge in [-0.3, -0.25) is 14.5 Å². The molecule has 1 aromatic carbocycles. The number of rotatable bonds is 8. The minimum absolute atomic E-state index is 0.0699. The van der Waals surface area contributed by atoms with Gasteiger partial charge in [-0.05, 0) is 20.0 Å². The summed E-state index contributed by atoms with van der Waals surface area (Å²) in [6.07, 6.45) is 0. The van der Waals surface area contributed by atoms with Crippen LogP contribution in [0, 0.1) is 6.92 Å². The Morgan fingerprint density at radius 3 is 2.55 bits per heavy atom. The molecule has 0 heterocycles. The first kappa shape index (κ1) is 18.0. The lowest BCUT2D eigenvalue weighted by Gasteiger charge is -2.18. The highest BCUT2D eigenvalue weighted by molar-refractivity contribution is 5.78. The molecule has 6 nitrogen and oxygen atoms in total. The van der Waals surface area contributed by atoms with E-state index in [4.69, 9.17) is 4.74 Å². The van der Waals surface area contributed by atoms with E-state index in [1.54, 1.807) is 7.11 Å². The van der Waals surface area contributed by atoms with Gasteiger partial charge in [0.1, 0.15) is 5.75 Å². The number of ether oxygens (including phenoxy) is 1. The van der Waals surface area contributed by atoms with Crippen LogP contribution in [-0.2, 0) is 16.1 Å². The average Bonchev–Trinajstić information content (AvgIpc) is 2.43. The number of carbonyl (C=O) groups is 2. The van der Waals surface area contributed by atoms with Gasteiger partial charge in [-0.25, -0.2) is 0 Å². The molecule has 0 saturated heterocycles. The summed E-state index contributed by atoms with van der Waals surface area (Å²) in [4.78, 5) is 24.4. The predicted octanol–water partition coefficient (Wildman–Crippen LogP) is 0.688. The standard InChI is InChI=1S/C16H25N3O3/c1-12-5-6-15(22-4)14(9-12)10-19(3)11-16(21)18-8-7-17-13(2)20/h5-6,9H,7-8,10-11H2,1-4H3,(H,17,20)(H,18,21). The summed E-state index contributed by atoms with van der Waals surface area (Å²) in [6.45, 7) is 5.26. The van der Waals surface area contributed by atoms with Crippen LogP contribution in [0.2, 0.25) is 0 Å². The van der Waals surface area contributed by atoms with Crippen LogP contribution in [-0.4, -0.2) is 50.5 Å². The van der Waals surface area contributed by atoms with Crippen molar-refractivity contribution in [3.63, 3.8) is 0 Å². The number of aryl methyl sites for hydroxylation is 1. The Bertz CT molecular complexity index is 517. The van der Waals surface area contributed by atoms with E-state index in [9.17, 15) is 9.59 Å². The Hall–Kier alpha value is -2.08. The van der Waals surface area contributed by atoms with Crippen molar-refractivity contribution in [3.8, 4) is 5.75 Å². The molecule has 0 fully saturated rings. The van der Waals surface area contributed by atoms with Crippen molar-refractivity contribution in [3.05, 3.63) is 29.3 Å². The van der Waals surface area contributed by atoms with Crippen LogP contribution in [0.25, 0.3) is 0 Å².